The van der Waals surface area contributed by atoms with E-state index in [0.29, 0.717) is 0 Å². The third-order valence-electron chi connectivity index (χ3n) is 2.98. The van der Waals surface area contributed by atoms with Crippen molar-refractivity contribution in [3.8, 4) is 11.4 Å². The molecule has 2 heterocycles. The van der Waals surface area contributed by atoms with Gasteiger partial charge in [0.2, 0.25) is 0 Å². The highest BCUT2D eigenvalue weighted by molar-refractivity contribution is 5.74. The molecular weight excluding hydrogens is 252 g/mol. The van der Waals surface area contributed by atoms with Crippen molar-refractivity contribution in [2.75, 3.05) is 0 Å². The highest BCUT2D eigenvalue weighted by Gasteiger charge is 2.09. The lowest BCUT2D eigenvalue weighted by Gasteiger charge is -2.11. The van der Waals surface area contributed by atoms with Crippen LogP contribution in [0.5, 0.6) is 5.75 Å². The molecule has 3 rings (SSSR count). The van der Waals surface area contributed by atoms with E-state index in [9.17, 15) is 0 Å². The van der Waals surface area contributed by atoms with Crippen LogP contribution < -0.4 is 4.74 Å². The van der Waals surface area contributed by atoms with E-state index in [-0.39, 0.29) is 6.10 Å². The van der Waals surface area contributed by atoms with E-state index in [1.807, 2.05) is 49.6 Å². The maximum atomic E-state index is 5.72. The van der Waals surface area contributed by atoms with Crippen molar-refractivity contribution in [1.82, 2.24) is 19.5 Å². The van der Waals surface area contributed by atoms with E-state index >= 15 is 0 Å². The highest BCUT2D eigenvalue weighted by atomic mass is 16.5. The van der Waals surface area contributed by atoms with Crippen LogP contribution in [0.3, 0.4) is 0 Å². The molecule has 102 valence electrons. The number of ether oxygens (including phenoxy) is 1. The number of aromatic nitrogens is 4. The molecule has 0 spiro atoms. The lowest BCUT2D eigenvalue weighted by atomic mass is 10.3. The molecule has 0 atom stereocenters. The Morgan fingerprint density at radius 1 is 1.15 bits per heavy atom. The Hall–Kier alpha value is -2.43. The molecule has 0 N–H and O–H groups in total. The molecule has 0 aliphatic heterocycles. The maximum absolute atomic E-state index is 5.72. The molecule has 5 nitrogen and oxygen atoms in total. The molecule has 0 aliphatic carbocycles. The van der Waals surface area contributed by atoms with Crippen molar-refractivity contribution in [3.05, 3.63) is 42.6 Å². The zero-order chi connectivity index (χ0) is 14.1. The Balaban J connectivity index is 2.09. The number of hydrogen-bond donors (Lipinski definition) is 0. The van der Waals surface area contributed by atoms with Gasteiger partial charge in [-0.15, -0.1) is 0 Å². The number of fused-ring (bicyclic) bond motifs is 1. The summed E-state index contributed by atoms with van der Waals surface area (Å²) in [7, 11) is 0. The van der Waals surface area contributed by atoms with Crippen molar-refractivity contribution < 1.29 is 4.74 Å². The van der Waals surface area contributed by atoms with Crippen molar-refractivity contribution in [2.24, 2.45) is 0 Å². The summed E-state index contributed by atoms with van der Waals surface area (Å²) >= 11 is 0. The summed E-state index contributed by atoms with van der Waals surface area (Å²) in [6.07, 6.45) is 3.47. The molecular formula is C15H16N4O. The summed E-state index contributed by atoms with van der Waals surface area (Å²) in [6, 6.07) is 7.90. The quantitative estimate of drug-likeness (QED) is 0.733. The Kier molecular flexibility index (Phi) is 3.10. The molecule has 0 saturated carbocycles. The zero-order valence-corrected chi connectivity index (χ0v) is 11.7. The first-order chi connectivity index (χ1) is 9.65. The number of benzene rings is 1. The van der Waals surface area contributed by atoms with Gasteiger partial charge in [-0.2, -0.15) is 0 Å². The molecule has 0 aliphatic rings. The van der Waals surface area contributed by atoms with Crippen LogP contribution in [0.2, 0.25) is 0 Å². The van der Waals surface area contributed by atoms with Gasteiger partial charge in [-0.3, -0.25) is 4.57 Å². The van der Waals surface area contributed by atoms with E-state index < -0.39 is 0 Å². The molecule has 0 unspecified atom stereocenters. The van der Waals surface area contributed by atoms with Gasteiger partial charge in [0, 0.05) is 6.07 Å². The third-order valence-corrected chi connectivity index (χ3v) is 2.98. The second-order valence-corrected chi connectivity index (χ2v) is 4.91. The number of aryl methyl sites for hydroxylation is 1. The lowest BCUT2D eigenvalue weighted by Crippen LogP contribution is -2.06. The van der Waals surface area contributed by atoms with Crippen LogP contribution in [0.1, 0.15) is 19.5 Å². The van der Waals surface area contributed by atoms with Crippen molar-refractivity contribution in [2.45, 2.75) is 26.9 Å². The van der Waals surface area contributed by atoms with E-state index in [4.69, 9.17) is 4.74 Å². The van der Waals surface area contributed by atoms with Gasteiger partial charge in [-0.1, -0.05) is 6.07 Å². The fourth-order valence-corrected chi connectivity index (χ4v) is 2.12. The summed E-state index contributed by atoms with van der Waals surface area (Å²) in [5, 5.41) is 0. The predicted octanol–water partition coefficient (Wildman–Crippen LogP) is 2.91. The third kappa shape index (κ3) is 2.22. The number of nitrogens with zero attached hydrogens (tertiary/aromatic N) is 4. The Morgan fingerprint density at radius 2 is 2.00 bits per heavy atom. The predicted molar refractivity (Wildman–Crippen MR) is 77.2 cm³/mol. The minimum absolute atomic E-state index is 0.148. The Morgan fingerprint density at radius 3 is 2.80 bits per heavy atom. The first kappa shape index (κ1) is 12.6. The van der Waals surface area contributed by atoms with Gasteiger partial charge < -0.3 is 4.74 Å². The van der Waals surface area contributed by atoms with Crippen LogP contribution in [-0.2, 0) is 0 Å². The minimum atomic E-state index is 0.148. The second kappa shape index (κ2) is 4.92. The summed E-state index contributed by atoms with van der Waals surface area (Å²) in [5.74, 6) is 0.838. The first-order valence-corrected chi connectivity index (χ1v) is 6.57. The molecule has 5 heteroatoms. The van der Waals surface area contributed by atoms with Gasteiger partial charge in [0.25, 0.3) is 0 Å². The Labute approximate surface area is 117 Å². The van der Waals surface area contributed by atoms with E-state index in [1.165, 1.54) is 0 Å². The van der Waals surface area contributed by atoms with Crippen molar-refractivity contribution in [3.63, 3.8) is 0 Å². The van der Waals surface area contributed by atoms with Crippen molar-refractivity contribution in [1.29, 1.82) is 0 Å². The molecule has 0 fully saturated rings. The molecule has 0 amide bonds. The van der Waals surface area contributed by atoms with Crippen LogP contribution in [0, 0.1) is 6.92 Å². The van der Waals surface area contributed by atoms with Gasteiger partial charge >= 0.3 is 0 Å². The fourth-order valence-electron chi connectivity index (χ4n) is 2.12. The first-order valence-electron chi connectivity index (χ1n) is 6.57. The van der Waals surface area contributed by atoms with Crippen LogP contribution in [0.25, 0.3) is 16.9 Å². The van der Waals surface area contributed by atoms with Crippen molar-refractivity contribution >= 4 is 11.2 Å². The van der Waals surface area contributed by atoms with Gasteiger partial charge in [0.15, 0.2) is 5.65 Å². The molecule has 0 bridgehead atoms. The summed E-state index contributed by atoms with van der Waals surface area (Å²) in [4.78, 5) is 12.9. The monoisotopic (exact) mass is 268 g/mol. The standard InChI is InChI=1S/C15H16N4O/c1-10(2)20-13-6-4-5-12(7-13)19-9-18-14-11(3)16-8-17-15(14)19/h4-10H,1-3H3. The van der Waals surface area contributed by atoms with E-state index in [0.717, 1.165) is 28.3 Å². The SMILES string of the molecule is Cc1ncnc2c1ncn2-c1cccc(OC(C)C)c1. The van der Waals surface area contributed by atoms with Gasteiger partial charge in [0.1, 0.15) is 23.9 Å². The zero-order valence-electron chi connectivity index (χ0n) is 11.7. The largest absolute Gasteiger partial charge is 0.491 e. The van der Waals surface area contributed by atoms with Gasteiger partial charge in [-0.25, -0.2) is 15.0 Å². The maximum Gasteiger partial charge on any atom is 0.168 e. The van der Waals surface area contributed by atoms with Gasteiger partial charge in [-0.05, 0) is 32.9 Å². The average Bonchev–Trinajstić information content (AvgIpc) is 2.83. The number of rotatable bonds is 3. The van der Waals surface area contributed by atoms with Crippen LogP contribution in [-0.4, -0.2) is 25.6 Å². The minimum Gasteiger partial charge on any atom is -0.491 e. The smallest absolute Gasteiger partial charge is 0.168 e. The molecule has 20 heavy (non-hydrogen) atoms. The van der Waals surface area contributed by atoms with Crippen LogP contribution in [0.4, 0.5) is 0 Å². The molecule has 1 aromatic carbocycles. The topological polar surface area (TPSA) is 52.8 Å². The molecule has 3 aromatic rings. The summed E-state index contributed by atoms with van der Waals surface area (Å²) < 4.78 is 7.66. The number of imidazole rings is 1. The van der Waals surface area contributed by atoms with Crippen LogP contribution >= 0.6 is 0 Å². The average molecular weight is 268 g/mol. The Bertz CT molecular complexity index is 748. The van der Waals surface area contributed by atoms with E-state index in [2.05, 4.69) is 15.0 Å². The molecule has 2 aromatic heterocycles. The number of hydrogen-bond acceptors (Lipinski definition) is 4. The highest BCUT2D eigenvalue weighted by Crippen LogP contribution is 2.21. The normalized spacial score (nSPS) is 11.2. The molecule has 0 saturated heterocycles. The lowest BCUT2D eigenvalue weighted by molar-refractivity contribution is 0.242. The second-order valence-electron chi connectivity index (χ2n) is 4.91. The van der Waals surface area contributed by atoms with E-state index in [1.54, 1.807) is 12.7 Å². The molecule has 0 radical (unpaired) electrons. The summed E-state index contributed by atoms with van der Waals surface area (Å²) in [5.41, 5.74) is 3.48. The van der Waals surface area contributed by atoms with Gasteiger partial charge in [0.05, 0.1) is 17.5 Å². The fraction of sp³-hybridized carbons (Fsp3) is 0.267. The summed E-state index contributed by atoms with van der Waals surface area (Å²) in [6.45, 7) is 5.95. The van der Waals surface area contributed by atoms with Crippen LogP contribution in [0.15, 0.2) is 36.9 Å².